The van der Waals surface area contributed by atoms with Gasteiger partial charge in [0.15, 0.2) is 0 Å². The number of hydrogen-bond donors (Lipinski definition) is 6. The topological polar surface area (TPSA) is 179 Å². The van der Waals surface area contributed by atoms with Gasteiger partial charge in [0.25, 0.3) is 0 Å². The molecule has 12 heteroatoms. The maximum Gasteiger partial charge on any atom is 0.405 e. The number of carbonyl (C=O) groups excluding carboxylic acids is 2. The third-order valence-corrected chi connectivity index (χ3v) is 12.1. The number of carbonyl (C=O) groups is 2. The number of fused-ring (bicyclic) bond motifs is 4. The molecule has 3 atom stereocenters. The number of piperidine rings is 3. The standard InChI is InChI=1S/C44H55N5O7/c45-44(54)56-42(37-26-49-22-18-30(37)19-23-49)31-12-10-29(11-13-31)33-4-3-5-34(24-33)55-27-28-6-8-32(9-7-28)43(53)47-21-2-1-20-46-25-39(51)35-14-16-38(50)41-36(35)15-17-40(52)48-41/h3-5,10-17,24,28,30,32,37,39,42,46,50-51H,1-2,6-9,18-23,25-27H2,(H2,45,54)(H,47,53)(H,48,52)/t28?,32?,37?,39-,42?/m0/s1. The smallest absolute Gasteiger partial charge is 0.405 e. The van der Waals surface area contributed by atoms with Gasteiger partial charge in [-0.2, -0.15) is 0 Å². The summed E-state index contributed by atoms with van der Waals surface area (Å²) >= 11 is 0. The van der Waals surface area contributed by atoms with E-state index in [2.05, 4.69) is 56.9 Å². The zero-order valence-corrected chi connectivity index (χ0v) is 32.0. The fourth-order valence-corrected chi connectivity index (χ4v) is 8.95. The van der Waals surface area contributed by atoms with Crippen LogP contribution in [-0.4, -0.2) is 78.0 Å². The normalized spacial score (nSPS) is 23.0. The molecule has 1 saturated carbocycles. The molecular formula is C44H55N5O7. The number of unbranched alkanes of at least 4 members (excludes halogenated alkanes) is 1. The van der Waals surface area contributed by atoms with Gasteiger partial charge in [0.2, 0.25) is 11.5 Å². The molecule has 12 nitrogen and oxygen atoms in total. The van der Waals surface area contributed by atoms with Crippen molar-refractivity contribution in [2.24, 2.45) is 29.4 Å². The third kappa shape index (κ3) is 9.72. The highest BCUT2D eigenvalue weighted by Crippen LogP contribution is 2.42. The summed E-state index contributed by atoms with van der Waals surface area (Å²) in [7, 11) is 0. The number of aromatic amines is 1. The Labute approximate surface area is 327 Å². The van der Waals surface area contributed by atoms with E-state index in [-0.39, 0.29) is 35.2 Å². The highest BCUT2D eigenvalue weighted by Gasteiger charge is 2.40. The summed E-state index contributed by atoms with van der Waals surface area (Å²) in [4.78, 5) is 41.5. The van der Waals surface area contributed by atoms with Crippen molar-refractivity contribution >= 4 is 22.9 Å². The molecule has 3 aromatic carbocycles. The van der Waals surface area contributed by atoms with Crippen molar-refractivity contribution in [1.29, 1.82) is 0 Å². The molecule has 0 radical (unpaired) electrons. The first-order valence-corrected chi connectivity index (χ1v) is 20.2. The van der Waals surface area contributed by atoms with Crippen LogP contribution in [0.4, 0.5) is 4.79 Å². The Kier molecular flexibility index (Phi) is 12.9. The SMILES string of the molecule is NC(=O)OC(c1ccc(-c2cccc(OCC3CCC(C(=O)NCCCCNC[C@H](O)c4ccc(O)c5[nH]c(=O)ccc45)CC3)c2)cc1)C1CN2CCC1CC2. The molecule has 4 aromatic rings. The number of aromatic hydroxyl groups is 1. The van der Waals surface area contributed by atoms with Crippen molar-refractivity contribution in [3.8, 4) is 22.6 Å². The summed E-state index contributed by atoms with van der Waals surface area (Å²) in [6.45, 7) is 5.42. The first-order valence-electron chi connectivity index (χ1n) is 20.2. The zero-order valence-electron chi connectivity index (χ0n) is 32.0. The second-order valence-corrected chi connectivity index (χ2v) is 15.8. The minimum atomic E-state index is -0.802. The zero-order chi connectivity index (χ0) is 39.0. The lowest BCUT2D eigenvalue weighted by Crippen LogP contribution is -2.50. The quantitative estimate of drug-likeness (QED) is 0.0771. The van der Waals surface area contributed by atoms with Gasteiger partial charge in [0, 0.05) is 42.9 Å². The molecule has 4 fully saturated rings. The van der Waals surface area contributed by atoms with Gasteiger partial charge in [0.1, 0.15) is 17.6 Å². The number of nitrogens with one attached hydrogen (secondary N) is 3. The number of ether oxygens (including phenoxy) is 2. The number of benzene rings is 3. The molecule has 3 aliphatic heterocycles. The van der Waals surface area contributed by atoms with E-state index in [1.54, 1.807) is 12.1 Å². The van der Waals surface area contributed by atoms with E-state index in [0.717, 1.165) is 93.4 Å². The first-order chi connectivity index (χ1) is 27.2. The second-order valence-electron chi connectivity index (χ2n) is 15.8. The Morgan fingerprint density at radius 2 is 1.68 bits per heavy atom. The molecule has 2 unspecified atom stereocenters. The predicted octanol–water partition coefficient (Wildman–Crippen LogP) is 5.78. The highest BCUT2D eigenvalue weighted by molar-refractivity contribution is 5.87. The van der Waals surface area contributed by atoms with Gasteiger partial charge < -0.3 is 45.9 Å². The molecule has 3 saturated heterocycles. The summed E-state index contributed by atoms with van der Waals surface area (Å²) in [5.74, 6) is 2.14. The van der Waals surface area contributed by atoms with Crippen LogP contribution in [-0.2, 0) is 9.53 Å². The van der Waals surface area contributed by atoms with Gasteiger partial charge in [-0.3, -0.25) is 9.59 Å². The number of aromatic nitrogens is 1. The van der Waals surface area contributed by atoms with Gasteiger partial charge in [-0.15, -0.1) is 0 Å². The number of nitrogens with two attached hydrogens (primary N) is 1. The number of aliphatic hydroxyl groups excluding tert-OH is 1. The molecule has 4 heterocycles. The maximum atomic E-state index is 12.9. The Morgan fingerprint density at radius 3 is 2.41 bits per heavy atom. The Balaban J connectivity index is 0.795. The summed E-state index contributed by atoms with van der Waals surface area (Å²) in [6, 6.07) is 22.5. The van der Waals surface area contributed by atoms with Crippen LogP contribution in [0.3, 0.4) is 0 Å². The molecule has 1 aromatic heterocycles. The largest absolute Gasteiger partial charge is 0.506 e. The highest BCUT2D eigenvalue weighted by atomic mass is 16.6. The van der Waals surface area contributed by atoms with Crippen molar-refractivity contribution in [2.75, 3.05) is 45.9 Å². The average Bonchev–Trinajstić information content (AvgIpc) is 3.22. The van der Waals surface area contributed by atoms with Crippen molar-refractivity contribution in [2.45, 2.75) is 63.6 Å². The lowest BCUT2D eigenvalue weighted by Gasteiger charge is -2.47. The number of H-pyrrole nitrogens is 1. The van der Waals surface area contributed by atoms with E-state index in [9.17, 15) is 24.6 Å². The lowest BCUT2D eigenvalue weighted by atomic mass is 9.74. The van der Waals surface area contributed by atoms with Crippen molar-refractivity contribution in [1.82, 2.24) is 20.5 Å². The van der Waals surface area contributed by atoms with Crippen molar-refractivity contribution in [3.05, 3.63) is 94.3 Å². The van der Waals surface area contributed by atoms with Gasteiger partial charge in [0.05, 0.1) is 18.2 Å². The maximum absolute atomic E-state index is 12.9. The number of nitrogens with zero attached hydrogens (tertiary/aromatic N) is 1. The van der Waals surface area contributed by atoms with Crippen LogP contribution < -0.4 is 26.7 Å². The van der Waals surface area contributed by atoms with Crippen LogP contribution in [0.15, 0.2) is 77.6 Å². The number of pyridine rings is 1. The van der Waals surface area contributed by atoms with E-state index < -0.39 is 12.2 Å². The van der Waals surface area contributed by atoms with Gasteiger partial charge >= 0.3 is 6.09 Å². The van der Waals surface area contributed by atoms with Crippen LogP contribution >= 0.6 is 0 Å². The van der Waals surface area contributed by atoms with Crippen LogP contribution in [0.2, 0.25) is 0 Å². The van der Waals surface area contributed by atoms with Crippen LogP contribution in [0.25, 0.3) is 22.0 Å². The summed E-state index contributed by atoms with van der Waals surface area (Å²) in [5.41, 5.74) is 9.25. The first kappa shape index (κ1) is 39.3. The Bertz CT molecular complexity index is 2000. The Morgan fingerprint density at radius 1 is 0.911 bits per heavy atom. The number of aliphatic hydroxyl groups is 1. The average molecular weight is 766 g/mol. The fourth-order valence-electron chi connectivity index (χ4n) is 8.95. The Hall–Kier alpha value is -4.91. The third-order valence-electron chi connectivity index (χ3n) is 12.1. The number of hydrogen-bond acceptors (Lipinski definition) is 9. The number of rotatable bonds is 16. The van der Waals surface area contributed by atoms with Crippen molar-refractivity contribution < 1.29 is 29.3 Å². The minimum absolute atomic E-state index is 0.0274. The molecule has 4 aliphatic rings. The van der Waals surface area contributed by atoms with Crippen LogP contribution in [0.5, 0.6) is 11.5 Å². The van der Waals surface area contributed by atoms with E-state index in [0.29, 0.717) is 54.5 Å². The number of phenols is 1. The molecule has 298 valence electrons. The van der Waals surface area contributed by atoms with E-state index in [4.69, 9.17) is 15.2 Å². The molecule has 7 N–H and O–H groups in total. The number of amides is 2. The molecule has 2 bridgehead atoms. The van der Waals surface area contributed by atoms with Crippen LogP contribution in [0, 0.1) is 23.7 Å². The van der Waals surface area contributed by atoms with Gasteiger partial charge in [-0.05, 0) is 129 Å². The van der Waals surface area contributed by atoms with Gasteiger partial charge in [-0.1, -0.05) is 42.5 Å². The lowest BCUT2D eigenvalue weighted by molar-refractivity contribution is -0.126. The minimum Gasteiger partial charge on any atom is -0.506 e. The molecular weight excluding hydrogens is 711 g/mol. The monoisotopic (exact) mass is 765 g/mol. The summed E-state index contributed by atoms with van der Waals surface area (Å²) in [5, 5.41) is 27.8. The van der Waals surface area contributed by atoms with Crippen molar-refractivity contribution in [3.63, 3.8) is 0 Å². The van der Waals surface area contributed by atoms with Gasteiger partial charge in [-0.25, -0.2) is 4.79 Å². The molecule has 2 amide bonds. The summed E-state index contributed by atoms with van der Waals surface area (Å²) < 4.78 is 12.0. The molecule has 56 heavy (non-hydrogen) atoms. The van der Waals surface area contributed by atoms with Crippen LogP contribution in [0.1, 0.15) is 74.7 Å². The van der Waals surface area contributed by atoms with E-state index in [1.165, 1.54) is 12.1 Å². The van der Waals surface area contributed by atoms with E-state index in [1.807, 2.05) is 12.1 Å². The molecule has 0 spiro atoms. The molecule has 8 rings (SSSR count). The predicted molar refractivity (Wildman–Crippen MR) is 215 cm³/mol. The number of primary amides is 1. The summed E-state index contributed by atoms with van der Waals surface area (Å²) in [6.07, 6.45) is 5.68. The van der Waals surface area contributed by atoms with E-state index >= 15 is 0 Å². The molecule has 1 aliphatic carbocycles. The fraction of sp³-hybridized carbons (Fsp3) is 0.477. The number of phenolic OH excluding ortho intramolecular Hbond substituents is 1. The second kappa shape index (κ2) is 18.4.